The summed E-state index contributed by atoms with van der Waals surface area (Å²) in [5, 5.41) is 10.7. The third kappa shape index (κ3) is 3.37. The van der Waals surface area contributed by atoms with Gasteiger partial charge in [-0.05, 0) is 71.8 Å². The summed E-state index contributed by atoms with van der Waals surface area (Å²) in [5.74, 6) is -0.436. The van der Waals surface area contributed by atoms with E-state index in [0.29, 0.717) is 11.5 Å². The van der Waals surface area contributed by atoms with Gasteiger partial charge in [0, 0.05) is 35.9 Å². The van der Waals surface area contributed by atoms with Gasteiger partial charge in [0.15, 0.2) is 0 Å². The second-order valence-electron chi connectivity index (χ2n) is 9.69. The maximum atomic E-state index is 12.1. The molecule has 0 saturated carbocycles. The average Bonchev–Trinajstić information content (AvgIpc) is 3.09. The van der Waals surface area contributed by atoms with Gasteiger partial charge < -0.3 is 23.7 Å². The Bertz CT molecular complexity index is 958. The summed E-state index contributed by atoms with van der Waals surface area (Å²) >= 11 is 0. The van der Waals surface area contributed by atoms with Crippen molar-refractivity contribution in [2.24, 2.45) is 5.92 Å². The van der Waals surface area contributed by atoms with Crippen LogP contribution in [0.2, 0.25) is 0 Å². The molecule has 6 nitrogen and oxygen atoms in total. The van der Waals surface area contributed by atoms with Crippen molar-refractivity contribution in [1.82, 2.24) is 4.57 Å². The lowest BCUT2D eigenvalue weighted by Gasteiger charge is -2.32. The molecule has 0 bridgehead atoms. The number of hydrogen-bond acceptors (Lipinski definition) is 4. The van der Waals surface area contributed by atoms with Crippen LogP contribution >= 0.6 is 0 Å². The van der Waals surface area contributed by atoms with Gasteiger partial charge in [0.05, 0.1) is 16.8 Å². The molecule has 2 aromatic rings. The van der Waals surface area contributed by atoms with Gasteiger partial charge in [-0.3, -0.25) is 0 Å². The predicted molar refractivity (Wildman–Crippen MR) is 118 cm³/mol. The molecule has 3 heterocycles. The highest BCUT2D eigenvalue weighted by Gasteiger charge is 2.51. The molecule has 1 aromatic heterocycles. The van der Waals surface area contributed by atoms with Crippen LogP contribution in [-0.4, -0.2) is 47.2 Å². The van der Waals surface area contributed by atoms with E-state index >= 15 is 0 Å². The summed E-state index contributed by atoms with van der Waals surface area (Å²) in [7, 11) is -0.477. The maximum absolute atomic E-state index is 12.1. The molecule has 2 aliphatic heterocycles. The first-order valence-corrected chi connectivity index (χ1v) is 10.8. The summed E-state index contributed by atoms with van der Waals surface area (Å²) < 4.78 is 20.2. The van der Waals surface area contributed by atoms with E-state index in [4.69, 9.17) is 14.0 Å². The number of carbonyl (C=O) groups is 1. The first-order valence-electron chi connectivity index (χ1n) is 10.8. The van der Waals surface area contributed by atoms with E-state index < -0.39 is 24.3 Å². The normalized spacial score (nSPS) is 22.5. The molecule has 2 saturated heterocycles. The van der Waals surface area contributed by atoms with Crippen LogP contribution in [0.5, 0.6) is 0 Å². The molecule has 162 valence electrons. The van der Waals surface area contributed by atoms with Crippen molar-refractivity contribution in [1.29, 1.82) is 0 Å². The van der Waals surface area contributed by atoms with Gasteiger partial charge in [-0.25, -0.2) is 4.79 Å². The number of carboxylic acid groups (broad SMARTS) is 1. The fourth-order valence-corrected chi connectivity index (χ4v) is 4.78. The fourth-order valence-electron chi connectivity index (χ4n) is 4.78. The van der Waals surface area contributed by atoms with Crippen molar-refractivity contribution in [3.63, 3.8) is 0 Å². The summed E-state index contributed by atoms with van der Waals surface area (Å²) in [6, 6.07) is 6.06. The van der Waals surface area contributed by atoms with Crippen LogP contribution in [0.25, 0.3) is 10.9 Å². The highest BCUT2D eigenvalue weighted by molar-refractivity contribution is 6.62. The summed E-state index contributed by atoms with van der Waals surface area (Å²) in [6.07, 6.45) is 1.97. The van der Waals surface area contributed by atoms with Crippen molar-refractivity contribution >= 4 is 29.5 Å². The van der Waals surface area contributed by atoms with Crippen LogP contribution in [0.4, 0.5) is 0 Å². The Kier molecular flexibility index (Phi) is 5.28. The molecule has 1 atom stereocenters. The summed E-state index contributed by atoms with van der Waals surface area (Å²) in [6.45, 7) is 13.8. The van der Waals surface area contributed by atoms with Crippen LogP contribution in [-0.2, 0) is 14.0 Å². The van der Waals surface area contributed by atoms with Crippen LogP contribution in [0, 0.1) is 12.8 Å². The van der Waals surface area contributed by atoms with Crippen LogP contribution in [0.3, 0.4) is 0 Å². The number of benzene rings is 1. The van der Waals surface area contributed by atoms with E-state index in [1.165, 1.54) is 0 Å². The van der Waals surface area contributed by atoms with Gasteiger partial charge in [-0.15, -0.1) is 0 Å². The number of carboxylic acids is 1. The molecule has 0 radical (unpaired) electrons. The maximum Gasteiger partial charge on any atom is 0.494 e. The zero-order valence-corrected chi connectivity index (χ0v) is 18.8. The third-order valence-electron chi connectivity index (χ3n) is 7.37. The van der Waals surface area contributed by atoms with E-state index in [1.807, 2.05) is 52.8 Å². The van der Waals surface area contributed by atoms with Crippen molar-refractivity contribution < 1.29 is 23.9 Å². The minimum Gasteiger partial charge on any atom is -0.478 e. The molecule has 0 spiro atoms. The number of aromatic carboxylic acids is 1. The predicted octanol–water partition coefficient (Wildman–Crippen LogP) is 3.93. The van der Waals surface area contributed by atoms with E-state index in [0.717, 1.165) is 48.1 Å². The summed E-state index contributed by atoms with van der Waals surface area (Å²) in [4.78, 5) is 12.1. The van der Waals surface area contributed by atoms with Crippen molar-refractivity contribution in [2.45, 2.75) is 71.6 Å². The Labute approximate surface area is 178 Å². The minimum absolute atomic E-state index is 0.179. The second kappa shape index (κ2) is 7.40. The lowest BCUT2D eigenvalue weighted by molar-refractivity contribution is 0.00578. The second-order valence-corrected chi connectivity index (χ2v) is 9.69. The smallest absolute Gasteiger partial charge is 0.478 e. The molecule has 1 unspecified atom stereocenters. The Hall–Kier alpha value is -1.83. The van der Waals surface area contributed by atoms with E-state index in [1.54, 1.807) is 0 Å². The Morgan fingerprint density at radius 2 is 1.77 bits per heavy atom. The highest BCUT2D eigenvalue weighted by Crippen LogP contribution is 2.38. The quantitative estimate of drug-likeness (QED) is 0.770. The lowest BCUT2D eigenvalue weighted by atomic mass is 9.78. The van der Waals surface area contributed by atoms with Gasteiger partial charge in [0.25, 0.3) is 0 Å². The molecule has 0 amide bonds. The number of aromatic nitrogens is 1. The van der Waals surface area contributed by atoms with Crippen LogP contribution in [0.1, 0.15) is 69.6 Å². The number of hydrogen-bond donors (Lipinski definition) is 1. The van der Waals surface area contributed by atoms with E-state index in [-0.39, 0.29) is 6.04 Å². The monoisotopic (exact) mass is 413 g/mol. The van der Waals surface area contributed by atoms with Gasteiger partial charge in [-0.1, -0.05) is 12.1 Å². The van der Waals surface area contributed by atoms with Crippen molar-refractivity contribution in [2.75, 3.05) is 13.2 Å². The summed E-state index contributed by atoms with van der Waals surface area (Å²) in [5.41, 5.74) is 2.16. The third-order valence-corrected chi connectivity index (χ3v) is 7.37. The zero-order chi connectivity index (χ0) is 21.8. The molecule has 0 aliphatic carbocycles. The largest absolute Gasteiger partial charge is 0.494 e. The average molecular weight is 413 g/mol. The van der Waals surface area contributed by atoms with Gasteiger partial charge in [-0.2, -0.15) is 0 Å². The molecule has 4 rings (SSSR count). The number of ether oxygens (including phenoxy) is 1. The first kappa shape index (κ1) is 21.4. The molecule has 2 fully saturated rings. The van der Waals surface area contributed by atoms with E-state index in [2.05, 4.69) is 11.5 Å². The van der Waals surface area contributed by atoms with Gasteiger partial charge >= 0.3 is 13.1 Å². The van der Waals surface area contributed by atoms with Crippen molar-refractivity contribution in [3.8, 4) is 0 Å². The Morgan fingerprint density at radius 3 is 2.33 bits per heavy atom. The molecule has 30 heavy (non-hydrogen) atoms. The highest BCUT2D eigenvalue weighted by atomic mass is 16.7. The van der Waals surface area contributed by atoms with Crippen molar-refractivity contribution in [3.05, 3.63) is 29.5 Å². The number of fused-ring (bicyclic) bond motifs is 1. The first-order chi connectivity index (χ1) is 14.0. The SMILES string of the molecule is Cc1c(C(=O)O)c2ccc(B3OC(C)(C)C(C)(C)O3)cc2n1C(C)C1CCOCC1. The zero-order valence-electron chi connectivity index (χ0n) is 18.8. The molecular weight excluding hydrogens is 381 g/mol. The molecule has 1 aromatic carbocycles. The molecular formula is C23H32BNO5. The van der Waals surface area contributed by atoms with Gasteiger partial charge in [0.2, 0.25) is 0 Å². The lowest BCUT2D eigenvalue weighted by Crippen LogP contribution is -2.41. The topological polar surface area (TPSA) is 69.9 Å². The number of rotatable bonds is 4. The molecule has 7 heteroatoms. The minimum atomic E-state index is -0.890. The molecule has 2 aliphatic rings. The standard InChI is InChI=1S/C23H32BNO5/c1-14(16-9-11-28-12-10-16)25-15(2)20(21(26)27)18-8-7-17(13-19(18)25)24-29-22(3,4)23(5,6)30-24/h7-8,13-14,16H,9-12H2,1-6H3,(H,26,27). The van der Waals surface area contributed by atoms with Crippen LogP contribution in [0.15, 0.2) is 18.2 Å². The van der Waals surface area contributed by atoms with Gasteiger partial charge in [0.1, 0.15) is 0 Å². The fraction of sp³-hybridized carbons (Fsp3) is 0.609. The number of nitrogens with zero attached hydrogens (tertiary/aromatic N) is 1. The Morgan fingerprint density at radius 1 is 1.17 bits per heavy atom. The van der Waals surface area contributed by atoms with E-state index in [9.17, 15) is 9.90 Å². The Balaban J connectivity index is 1.81. The molecule has 1 N–H and O–H groups in total. The van der Waals surface area contributed by atoms with Crippen LogP contribution < -0.4 is 5.46 Å².